The molecule has 254 valence electrons. The van der Waals surface area contributed by atoms with Gasteiger partial charge in [-0.15, -0.1) is 0 Å². The van der Waals surface area contributed by atoms with Gasteiger partial charge in [-0.25, -0.2) is 0 Å². The fourth-order valence-corrected chi connectivity index (χ4v) is 8.84. The first-order chi connectivity index (χ1) is 26.7. The van der Waals surface area contributed by atoms with Crippen LogP contribution < -0.4 is 10.2 Å². The van der Waals surface area contributed by atoms with Crippen molar-refractivity contribution < 1.29 is 0 Å². The van der Waals surface area contributed by atoms with Crippen LogP contribution in [0.5, 0.6) is 0 Å². The lowest BCUT2D eigenvalue weighted by Crippen LogP contribution is -2.35. The first-order valence-corrected chi connectivity index (χ1v) is 18.8. The number of fused-ring (bicyclic) bond motifs is 13. The minimum atomic E-state index is 0.198. The molecule has 1 N–H and O–H groups in total. The van der Waals surface area contributed by atoms with Crippen LogP contribution in [0.15, 0.2) is 194 Å². The van der Waals surface area contributed by atoms with Crippen LogP contribution in [0.4, 0.5) is 22.7 Å². The summed E-state index contributed by atoms with van der Waals surface area (Å²) in [6, 6.07) is 66.9. The summed E-state index contributed by atoms with van der Waals surface area (Å²) in [6.07, 6.45) is 5.88. The Hall–Kier alpha value is -6.90. The number of nitrogens with one attached hydrogen (secondary N) is 1. The standard InChI is InChI=1S/C52H36N2/c1-2-11-34(12-3-1)35-21-24-43(25-22-35)54-44-29-41(28-42(30-44)46-18-8-9-20-52(46)54)38-23-26-50-48(31-38)40-16-10-15-39(27-40)45-17-6-7-19-47(45)49-32-36-13-4-5-14-37(36)33-51(49)53-50/h1-29,31-33,44,53H,30H2. The van der Waals surface area contributed by atoms with E-state index in [9.17, 15) is 0 Å². The van der Waals surface area contributed by atoms with Crippen LogP contribution in [0.3, 0.4) is 0 Å². The monoisotopic (exact) mass is 688 g/mol. The maximum absolute atomic E-state index is 3.94. The van der Waals surface area contributed by atoms with E-state index in [2.05, 4.69) is 204 Å². The Balaban J connectivity index is 1.04. The largest absolute Gasteiger partial charge is 0.354 e. The molecule has 1 aliphatic carbocycles. The molecule has 3 aliphatic rings. The van der Waals surface area contributed by atoms with Gasteiger partial charge in [0.05, 0.1) is 6.04 Å². The van der Waals surface area contributed by atoms with Gasteiger partial charge in [-0.05, 0) is 116 Å². The number of allylic oxidation sites excluding steroid dienone is 2. The molecular weight excluding hydrogens is 653 g/mol. The van der Waals surface area contributed by atoms with Crippen molar-refractivity contribution in [1.82, 2.24) is 0 Å². The summed E-state index contributed by atoms with van der Waals surface area (Å²) in [5, 5.41) is 6.40. The van der Waals surface area contributed by atoms with Crippen LogP contribution in [-0.4, -0.2) is 6.04 Å². The number of rotatable bonds is 3. The first-order valence-electron chi connectivity index (χ1n) is 18.8. The number of hydrogen-bond acceptors (Lipinski definition) is 2. The second kappa shape index (κ2) is 12.4. The maximum atomic E-state index is 3.94. The van der Waals surface area contributed by atoms with Crippen LogP contribution in [-0.2, 0) is 0 Å². The minimum absolute atomic E-state index is 0.198. The quantitative estimate of drug-likeness (QED) is 0.199. The Bertz CT molecular complexity index is 2820. The molecule has 0 amide bonds. The molecule has 0 saturated heterocycles. The molecule has 0 saturated carbocycles. The zero-order valence-corrected chi connectivity index (χ0v) is 29.7. The molecule has 0 spiro atoms. The van der Waals surface area contributed by atoms with E-state index >= 15 is 0 Å². The van der Waals surface area contributed by atoms with Crippen molar-refractivity contribution in [2.24, 2.45) is 0 Å². The molecule has 54 heavy (non-hydrogen) atoms. The summed E-state index contributed by atoms with van der Waals surface area (Å²) in [6.45, 7) is 0. The molecule has 2 nitrogen and oxygen atoms in total. The Kier molecular flexibility index (Phi) is 7.03. The van der Waals surface area contributed by atoms with Crippen molar-refractivity contribution in [2.45, 2.75) is 12.5 Å². The van der Waals surface area contributed by atoms with E-state index in [1.807, 2.05) is 0 Å². The number of benzene rings is 8. The molecule has 1 atom stereocenters. The molecule has 0 radical (unpaired) electrons. The van der Waals surface area contributed by atoms with E-state index in [4.69, 9.17) is 0 Å². The fourth-order valence-electron chi connectivity index (χ4n) is 8.84. The second-order valence-electron chi connectivity index (χ2n) is 14.6. The topological polar surface area (TPSA) is 15.3 Å². The van der Waals surface area contributed by atoms with Gasteiger partial charge in [-0.2, -0.15) is 0 Å². The van der Waals surface area contributed by atoms with E-state index in [0.29, 0.717) is 0 Å². The summed E-state index contributed by atoms with van der Waals surface area (Å²) in [5.41, 5.74) is 19.6. The predicted molar refractivity (Wildman–Crippen MR) is 228 cm³/mol. The molecule has 1 unspecified atom stereocenters. The average molecular weight is 689 g/mol. The van der Waals surface area contributed by atoms with Crippen LogP contribution in [0.1, 0.15) is 17.5 Å². The predicted octanol–water partition coefficient (Wildman–Crippen LogP) is 14.0. The van der Waals surface area contributed by atoms with E-state index < -0.39 is 0 Å². The highest BCUT2D eigenvalue weighted by Gasteiger charge is 2.32. The van der Waals surface area contributed by atoms with Crippen molar-refractivity contribution in [3.63, 3.8) is 0 Å². The van der Waals surface area contributed by atoms with Crippen LogP contribution in [0.25, 0.3) is 66.4 Å². The first kappa shape index (κ1) is 30.7. The van der Waals surface area contributed by atoms with Crippen molar-refractivity contribution in [3.05, 3.63) is 205 Å². The molecular formula is C52H36N2. The van der Waals surface area contributed by atoms with Gasteiger partial charge in [0.1, 0.15) is 0 Å². The third-order valence-electron chi connectivity index (χ3n) is 11.4. The molecule has 2 aliphatic heterocycles. The van der Waals surface area contributed by atoms with Gasteiger partial charge < -0.3 is 10.2 Å². The highest BCUT2D eigenvalue weighted by Crippen LogP contribution is 2.48. The highest BCUT2D eigenvalue weighted by atomic mass is 15.2. The molecule has 11 rings (SSSR count). The van der Waals surface area contributed by atoms with Gasteiger partial charge in [0, 0.05) is 39.4 Å². The van der Waals surface area contributed by atoms with E-state index in [1.54, 1.807) is 0 Å². The van der Waals surface area contributed by atoms with Crippen molar-refractivity contribution >= 4 is 44.7 Å². The molecule has 8 aromatic rings. The second-order valence-corrected chi connectivity index (χ2v) is 14.6. The normalized spacial score (nSPS) is 15.1. The van der Waals surface area contributed by atoms with E-state index in [-0.39, 0.29) is 6.04 Å². The smallest absolute Gasteiger partial charge is 0.0572 e. The third-order valence-corrected chi connectivity index (χ3v) is 11.4. The molecule has 0 fully saturated rings. The lowest BCUT2D eigenvalue weighted by molar-refractivity contribution is 0.778. The number of para-hydroxylation sites is 1. The lowest BCUT2D eigenvalue weighted by atomic mass is 9.82. The summed E-state index contributed by atoms with van der Waals surface area (Å²) in [4.78, 5) is 2.53. The van der Waals surface area contributed by atoms with Gasteiger partial charge in [-0.3, -0.25) is 0 Å². The van der Waals surface area contributed by atoms with Crippen molar-refractivity contribution in [3.8, 4) is 44.5 Å². The Labute approximate surface area is 316 Å². The third kappa shape index (κ3) is 5.10. The van der Waals surface area contributed by atoms with Crippen LogP contribution in [0, 0.1) is 0 Å². The Morgan fingerprint density at radius 1 is 0.426 bits per heavy atom. The molecule has 2 heterocycles. The summed E-state index contributed by atoms with van der Waals surface area (Å²) in [7, 11) is 0. The number of hydrogen-bond donors (Lipinski definition) is 1. The molecule has 0 aromatic heterocycles. The maximum Gasteiger partial charge on any atom is 0.0572 e. The lowest BCUT2D eigenvalue weighted by Gasteiger charge is -2.41. The van der Waals surface area contributed by atoms with Crippen LogP contribution in [0.2, 0.25) is 0 Å². The van der Waals surface area contributed by atoms with E-state index in [0.717, 1.165) is 17.8 Å². The Morgan fingerprint density at radius 3 is 1.91 bits per heavy atom. The van der Waals surface area contributed by atoms with Gasteiger partial charge in [-0.1, -0.05) is 146 Å². The average Bonchev–Trinajstić information content (AvgIpc) is 3.24. The Morgan fingerprint density at radius 2 is 1.07 bits per heavy atom. The molecule has 2 heteroatoms. The zero-order valence-electron chi connectivity index (χ0n) is 29.7. The van der Waals surface area contributed by atoms with Crippen molar-refractivity contribution in [1.29, 1.82) is 0 Å². The van der Waals surface area contributed by atoms with Crippen molar-refractivity contribution in [2.75, 3.05) is 10.2 Å². The zero-order chi connectivity index (χ0) is 35.6. The number of anilines is 4. The number of nitrogens with zero attached hydrogens (tertiary/aromatic N) is 1. The molecule has 8 aromatic carbocycles. The minimum Gasteiger partial charge on any atom is -0.354 e. The summed E-state index contributed by atoms with van der Waals surface area (Å²) < 4.78 is 0. The van der Waals surface area contributed by atoms with Gasteiger partial charge in [0.15, 0.2) is 0 Å². The fraction of sp³-hybridized carbons (Fsp3) is 0.0385. The van der Waals surface area contributed by atoms with Gasteiger partial charge in [0.25, 0.3) is 0 Å². The van der Waals surface area contributed by atoms with Gasteiger partial charge >= 0.3 is 0 Å². The van der Waals surface area contributed by atoms with Gasteiger partial charge in [0.2, 0.25) is 0 Å². The van der Waals surface area contributed by atoms with Crippen LogP contribution >= 0.6 is 0 Å². The van der Waals surface area contributed by atoms with E-state index in [1.165, 1.54) is 88.9 Å². The summed E-state index contributed by atoms with van der Waals surface area (Å²) in [5.74, 6) is 0. The SMILES string of the molecule is C1=C(c2ccc3c(c2)-c2cccc(c2)-c2ccccc2-c2cc4ccccc4cc2N3)C=C2CC1N(c1ccc(-c3ccccc3)cc1)c1ccccc12. The highest BCUT2D eigenvalue weighted by molar-refractivity contribution is 6.02. The molecule has 4 bridgehead atoms. The summed E-state index contributed by atoms with van der Waals surface area (Å²) >= 11 is 0.